The molecule has 2 aromatic carbocycles. The van der Waals surface area contributed by atoms with Gasteiger partial charge in [-0.15, -0.1) is 0 Å². The molecule has 0 aliphatic heterocycles. The molecule has 4 aromatic rings. The second-order valence-electron chi connectivity index (χ2n) is 5.02. The third-order valence-corrected chi connectivity index (χ3v) is 3.28. The number of fused-ring (bicyclic) bond motifs is 2. The standard InChI is InChI=1S/2C9H6NO2.2BrH.Pt/c2*10-7-5-6-3-1-2-4-8(6)12-9(7)11;;;/h2*1-5,10H;2*1H;/q2*-1;;;+4/p-2. The van der Waals surface area contributed by atoms with Gasteiger partial charge in [-0.05, 0) is 12.1 Å². The van der Waals surface area contributed by atoms with Crippen molar-refractivity contribution in [3.63, 3.8) is 0 Å². The number of benzene rings is 2. The fraction of sp³-hybridized carbons (Fsp3) is 0. The molecular weight excluding hydrogens is 663 g/mol. The van der Waals surface area contributed by atoms with E-state index in [0.29, 0.717) is 11.2 Å². The number of nitrogens with one attached hydrogen (secondary N) is 2. The first kappa shape index (κ1) is 21.4. The summed E-state index contributed by atoms with van der Waals surface area (Å²) >= 11 is 6.56. The van der Waals surface area contributed by atoms with E-state index in [9.17, 15) is 9.59 Å². The summed E-state index contributed by atoms with van der Waals surface area (Å²) in [6, 6.07) is 17.3. The molecule has 0 saturated carbocycles. The van der Waals surface area contributed by atoms with Gasteiger partial charge in [-0.1, -0.05) is 59.9 Å². The topological polar surface area (TPSA) is 108 Å². The van der Waals surface area contributed by atoms with Crippen LogP contribution in [0.4, 0.5) is 11.4 Å². The van der Waals surface area contributed by atoms with Gasteiger partial charge >= 0.3 is 52.3 Å². The van der Waals surface area contributed by atoms with Crippen molar-refractivity contribution >= 4 is 59.9 Å². The molecule has 0 spiro atoms. The van der Waals surface area contributed by atoms with Gasteiger partial charge in [-0.2, -0.15) is 0 Å². The summed E-state index contributed by atoms with van der Waals surface area (Å²) in [5.41, 5.74) is 14.1. The maximum atomic E-state index is 10.9. The molecule has 2 aromatic heterocycles. The van der Waals surface area contributed by atoms with E-state index in [0.717, 1.165) is 10.8 Å². The first-order chi connectivity index (χ1) is 13.0. The van der Waals surface area contributed by atoms with Gasteiger partial charge in [0.2, 0.25) is 0 Å². The summed E-state index contributed by atoms with van der Waals surface area (Å²) in [4.78, 5) is 21.8. The van der Waals surface area contributed by atoms with Crippen LogP contribution in [0.15, 0.2) is 79.1 Å². The van der Waals surface area contributed by atoms with Crippen LogP contribution < -0.4 is 11.3 Å². The Morgan fingerprint density at radius 3 is 1.41 bits per heavy atom. The summed E-state index contributed by atoms with van der Waals surface area (Å²) in [6.45, 7) is 0. The van der Waals surface area contributed by atoms with Crippen molar-refractivity contribution in [2.75, 3.05) is 0 Å². The number of hydrogen-bond donors (Lipinski definition) is 0. The molecule has 0 aliphatic carbocycles. The van der Waals surface area contributed by atoms with Gasteiger partial charge in [0.05, 0.1) is 0 Å². The fourth-order valence-electron chi connectivity index (χ4n) is 2.12. The summed E-state index contributed by atoms with van der Waals surface area (Å²) in [5, 5.41) is 1.56. The predicted octanol–water partition coefficient (Wildman–Crippen LogP) is 6.64. The smallest absolute Gasteiger partial charge is 0.320 e. The van der Waals surface area contributed by atoms with E-state index in [1.54, 1.807) is 36.4 Å². The van der Waals surface area contributed by atoms with E-state index in [4.69, 9.17) is 20.3 Å². The van der Waals surface area contributed by atoms with Crippen LogP contribution in [0, 0.1) is 0 Å². The normalized spacial score (nSPS) is 10.0. The van der Waals surface area contributed by atoms with Crippen molar-refractivity contribution in [1.29, 1.82) is 0 Å². The molecule has 27 heavy (non-hydrogen) atoms. The Labute approximate surface area is 175 Å². The molecule has 0 bridgehead atoms. The van der Waals surface area contributed by atoms with Crippen LogP contribution in [0.25, 0.3) is 33.4 Å². The zero-order valence-electron chi connectivity index (χ0n) is 13.5. The molecule has 0 unspecified atom stereocenters. The Balaban J connectivity index is 0.000000170. The van der Waals surface area contributed by atoms with E-state index >= 15 is 0 Å². The summed E-state index contributed by atoms with van der Waals surface area (Å²) < 4.78 is 9.70. The summed E-state index contributed by atoms with van der Waals surface area (Å²) in [5.74, 6) is 0. The minimum atomic E-state index is -0.589. The second kappa shape index (κ2) is 10.4. The number of rotatable bonds is 0. The fourth-order valence-corrected chi connectivity index (χ4v) is 2.12. The van der Waals surface area contributed by atoms with E-state index in [1.165, 1.54) is 12.1 Å². The number of para-hydroxylation sites is 2. The molecule has 0 saturated heterocycles. The van der Waals surface area contributed by atoms with Gasteiger partial charge in [-0.25, -0.2) is 9.59 Å². The molecule has 2 heterocycles. The van der Waals surface area contributed by atoms with Crippen LogP contribution in [0.5, 0.6) is 0 Å². The molecule has 0 amide bonds. The van der Waals surface area contributed by atoms with Crippen LogP contribution in [0.2, 0.25) is 0 Å². The van der Waals surface area contributed by atoms with Crippen molar-refractivity contribution in [3.8, 4) is 0 Å². The first-order valence-corrected chi connectivity index (χ1v) is 17.2. The Morgan fingerprint density at radius 1 is 0.704 bits per heavy atom. The van der Waals surface area contributed by atoms with Gasteiger partial charge in [0, 0.05) is 10.8 Å². The van der Waals surface area contributed by atoms with E-state index < -0.39 is 11.3 Å². The average molecular weight is 675 g/mol. The van der Waals surface area contributed by atoms with Crippen molar-refractivity contribution in [2.24, 2.45) is 0 Å². The molecule has 4 rings (SSSR count). The first-order valence-electron chi connectivity index (χ1n) is 7.27. The van der Waals surface area contributed by atoms with Gasteiger partial charge in [0.15, 0.2) is 0 Å². The molecular formula is C18H12Br2N2O4Pt. The van der Waals surface area contributed by atoms with Crippen molar-refractivity contribution < 1.29 is 23.3 Å². The van der Waals surface area contributed by atoms with E-state index in [2.05, 4.69) is 26.6 Å². The van der Waals surface area contributed by atoms with Crippen LogP contribution in [-0.4, -0.2) is 0 Å². The Kier molecular flexibility index (Phi) is 8.28. The molecule has 0 atom stereocenters. The largest absolute Gasteiger partial charge is 0.693 e. The SMILES string of the molecule is [Br][Pt+2][Br].[NH-]c1cc2ccccc2oc1=O.[NH-]c1cc2ccccc2oc1=O. The van der Waals surface area contributed by atoms with Crippen LogP contribution in [0.1, 0.15) is 0 Å². The molecule has 0 radical (unpaired) electrons. The molecule has 9 heteroatoms. The Hall–Kier alpha value is -1.89. The van der Waals surface area contributed by atoms with Crippen LogP contribution in [0.3, 0.4) is 0 Å². The summed E-state index contributed by atoms with van der Waals surface area (Å²) in [7, 11) is 0. The summed E-state index contributed by atoms with van der Waals surface area (Å²) in [6.07, 6.45) is 0. The molecule has 0 fully saturated rings. The number of halogens is 2. The number of hydrogen-bond acceptors (Lipinski definition) is 4. The zero-order valence-corrected chi connectivity index (χ0v) is 18.9. The molecule has 6 nitrogen and oxygen atoms in total. The van der Waals surface area contributed by atoms with E-state index in [1.807, 2.05) is 12.1 Å². The third-order valence-electron chi connectivity index (χ3n) is 3.28. The maximum absolute atomic E-state index is 10.9. The zero-order chi connectivity index (χ0) is 19.8. The quantitative estimate of drug-likeness (QED) is 0.195. The van der Waals surface area contributed by atoms with Gasteiger partial charge < -0.3 is 20.3 Å². The molecule has 2 N–H and O–H groups in total. The van der Waals surface area contributed by atoms with Crippen molar-refractivity contribution in [2.45, 2.75) is 0 Å². The minimum Gasteiger partial charge on any atom is -0.693 e. The Bertz CT molecular complexity index is 1070. The maximum Gasteiger partial charge on any atom is 0.320 e. The average Bonchev–Trinajstić information content (AvgIpc) is 2.65. The molecule has 0 aliphatic rings. The van der Waals surface area contributed by atoms with E-state index in [-0.39, 0.29) is 25.8 Å². The van der Waals surface area contributed by atoms with Crippen LogP contribution >= 0.6 is 26.6 Å². The van der Waals surface area contributed by atoms with Gasteiger partial charge in [0.1, 0.15) is 11.2 Å². The monoisotopic (exact) mass is 673 g/mol. The minimum absolute atomic E-state index is 0.103. The van der Waals surface area contributed by atoms with Crippen LogP contribution in [-0.2, 0) is 14.5 Å². The predicted molar refractivity (Wildman–Crippen MR) is 111 cm³/mol. The third kappa shape index (κ3) is 6.06. The molecule has 142 valence electrons. The van der Waals surface area contributed by atoms with Gasteiger partial charge in [-0.3, -0.25) is 0 Å². The second-order valence-corrected chi connectivity index (χ2v) is 15.0. The van der Waals surface area contributed by atoms with Gasteiger partial charge in [0.25, 0.3) is 0 Å². The Morgan fingerprint density at radius 2 is 1.04 bits per heavy atom. The van der Waals surface area contributed by atoms with Crippen molar-refractivity contribution in [1.82, 2.24) is 0 Å². The van der Waals surface area contributed by atoms with Crippen molar-refractivity contribution in [3.05, 3.63) is 93.0 Å².